The molecular weight excluding hydrogens is 286 g/mol. The van der Waals surface area contributed by atoms with Crippen LogP contribution in [0.15, 0.2) is 60.7 Å². The second-order valence-corrected chi connectivity index (χ2v) is 10.1. The van der Waals surface area contributed by atoms with E-state index in [4.69, 9.17) is 7.57 Å². The van der Waals surface area contributed by atoms with Crippen molar-refractivity contribution in [2.24, 2.45) is 0 Å². The lowest BCUT2D eigenvalue weighted by atomic mass is 10.0. The van der Waals surface area contributed by atoms with Crippen molar-refractivity contribution in [3.63, 3.8) is 0 Å². The van der Waals surface area contributed by atoms with Crippen molar-refractivity contribution in [3.8, 4) is 0 Å². The van der Waals surface area contributed by atoms with E-state index in [9.17, 15) is 5.11 Å². The van der Waals surface area contributed by atoms with Gasteiger partial charge in [-0.1, -0.05) is 60.7 Å². The fourth-order valence-electron chi connectivity index (χ4n) is 3.96. The summed E-state index contributed by atoms with van der Waals surface area (Å²) in [5.74, 6) is 0. The van der Waals surface area contributed by atoms with Gasteiger partial charge in [0.1, 0.15) is 0 Å². The smallest absolute Gasteiger partial charge is 0.366 e. The van der Waals surface area contributed by atoms with Crippen LogP contribution in [0, 0.1) is 0 Å². The van der Waals surface area contributed by atoms with E-state index in [2.05, 4.69) is 60.7 Å². The summed E-state index contributed by atoms with van der Waals surface area (Å²) in [7, 11) is 5.27. The van der Waals surface area contributed by atoms with E-state index in [1.165, 1.54) is 11.1 Å². The van der Waals surface area contributed by atoms with Crippen LogP contribution in [0.4, 0.5) is 0 Å². The molecule has 1 heterocycles. The molecule has 3 heteroatoms. The lowest BCUT2D eigenvalue weighted by molar-refractivity contribution is 0.218. The average Bonchev–Trinajstić information content (AvgIpc) is 2.85. The number of rotatable bonds is 4. The molecule has 0 spiro atoms. The molecule has 1 aliphatic rings. The third-order valence-corrected chi connectivity index (χ3v) is 9.42. The van der Waals surface area contributed by atoms with Gasteiger partial charge < -0.3 is 5.11 Å². The first-order valence-corrected chi connectivity index (χ1v) is 10.2. The Balaban J connectivity index is 1.99. The lowest BCUT2D eigenvalue weighted by Crippen LogP contribution is -2.17. The van der Waals surface area contributed by atoms with Gasteiger partial charge in [-0.3, -0.25) is 0 Å². The molecule has 112 valence electrons. The van der Waals surface area contributed by atoms with Crippen molar-refractivity contribution in [3.05, 3.63) is 71.8 Å². The summed E-state index contributed by atoms with van der Waals surface area (Å²) in [6.07, 6.45) is 2.65. The first-order chi connectivity index (χ1) is 10.6. The predicted octanol–water partition coefficient (Wildman–Crippen LogP) is 4.74. The van der Waals surface area contributed by atoms with E-state index < -0.39 is 7.14 Å². The minimum absolute atomic E-state index is 0.339. The largest absolute Gasteiger partial charge is 0.390 e. The molecule has 0 saturated carbocycles. The van der Waals surface area contributed by atoms with Crippen molar-refractivity contribution in [2.45, 2.75) is 37.2 Å². The molecule has 22 heavy (non-hydrogen) atoms. The minimum atomic E-state index is -1.79. The third-order valence-electron chi connectivity index (χ3n) is 4.82. The summed E-state index contributed by atoms with van der Waals surface area (Å²) >= 11 is 0. The van der Waals surface area contributed by atoms with Crippen LogP contribution in [0.25, 0.3) is 0 Å². The molecule has 3 atom stereocenters. The second-order valence-electron chi connectivity index (χ2n) is 6.46. The van der Waals surface area contributed by atoms with Crippen LogP contribution in [0.1, 0.15) is 42.2 Å². The molecule has 2 radical (unpaired) electrons. The fourth-order valence-corrected chi connectivity index (χ4v) is 8.54. The Morgan fingerprint density at radius 1 is 0.955 bits per heavy atom. The van der Waals surface area contributed by atoms with Gasteiger partial charge in [-0.2, -0.15) is 0 Å². The summed E-state index contributed by atoms with van der Waals surface area (Å²) in [6.45, 7) is 1.87. The molecule has 0 aliphatic carbocycles. The van der Waals surface area contributed by atoms with Crippen LogP contribution in [0.2, 0.25) is 0 Å². The highest BCUT2D eigenvalue weighted by Gasteiger charge is 2.54. The van der Waals surface area contributed by atoms with E-state index in [0.29, 0.717) is 11.3 Å². The Labute approximate surface area is 135 Å². The average molecular weight is 309 g/mol. The van der Waals surface area contributed by atoms with Crippen molar-refractivity contribution in [2.75, 3.05) is 6.16 Å². The SMILES string of the molecule is [B][P+]1(C[C@@H](C)O)[C@@H](c2ccccc2)CC[C@@H]1c1ccccc1. The number of aliphatic hydroxyl groups excluding tert-OH is 1. The van der Waals surface area contributed by atoms with Gasteiger partial charge in [0, 0.05) is 0 Å². The van der Waals surface area contributed by atoms with Gasteiger partial charge in [-0.05, 0) is 38.0 Å². The first-order valence-electron chi connectivity index (χ1n) is 8.05. The Hall–Kier alpha value is -1.11. The summed E-state index contributed by atoms with van der Waals surface area (Å²) in [6, 6.07) is 21.3. The van der Waals surface area contributed by atoms with Crippen molar-refractivity contribution < 1.29 is 5.11 Å². The van der Waals surface area contributed by atoms with E-state index in [1.807, 2.05) is 6.92 Å². The maximum atomic E-state index is 10.1. The molecule has 0 aromatic heterocycles. The highest BCUT2D eigenvalue weighted by atomic mass is 31.2. The summed E-state index contributed by atoms with van der Waals surface area (Å²) < 4.78 is 0. The highest BCUT2D eigenvalue weighted by molar-refractivity contribution is 7.98. The van der Waals surface area contributed by atoms with Gasteiger partial charge in [0.25, 0.3) is 0 Å². The number of hydrogen-bond acceptors (Lipinski definition) is 1. The predicted molar refractivity (Wildman–Crippen MR) is 96.8 cm³/mol. The van der Waals surface area contributed by atoms with Gasteiger partial charge >= 0.3 is 7.57 Å². The Bertz CT molecular complexity index is 552. The van der Waals surface area contributed by atoms with Crippen LogP contribution in [-0.4, -0.2) is 24.9 Å². The van der Waals surface area contributed by atoms with E-state index in [1.54, 1.807) is 0 Å². The lowest BCUT2D eigenvalue weighted by Gasteiger charge is -2.33. The molecule has 0 bridgehead atoms. The molecule has 0 unspecified atom stereocenters. The Kier molecular flexibility index (Phi) is 4.71. The van der Waals surface area contributed by atoms with E-state index >= 15 is 0 Å². The number of benzene rings is 2. The van der Waals surface area contributed by atoms with Crippen LogP contribution in [0.5, 0.6) is 0 Å². The molecule has 1 aliphatic heterocycles. The van der Waals surface area contributed by atoms with Crippen LogP contribution < -0.4 is 0 Å². The van der Waals surface area contributed by atoms with Crippen molar-refractivity contribution in [1.29, 1.82) is 0 Å². The van der Waals surface area contributed by atoms with Crippen LogP contribution in [0.3, 0.4) is 0 Å². The third kappa shape index (κ3) is 3.00. The zero-order valence-corrected chi connectivity index (χ0v) is 14.0. The molecule has 1 fully saturated rings. The molecule has 1 N–H and O–H groups in total. The Morgan fingerprint density at radius 2 is 1.36 bits per heavy atom. The maximum Gasteiger partial charge on any atom is 0.366 e. The second kappa shape index (κ2) is 6.56. The van der Waals surface area contributed by atoms with Gasteiger partial charge in [-0.25, -0.2) is 0 Å². The van der Waals surface area contributed by atoms with Crippen molar-refractivity contribution >= 4 is 14.7 Å². The van der Waals surface area contributed by atoms with Gasteiger partial charge in [0.15, 0.2) is 0 Å². The zero-order chi connectivity index (χ0) is 15.6. The summed E-state index contributed by atoms with van der Waals surface area (Å²) in [5, 5.41) is 10.1. The molecule has 1 saturated heterocycles. The maximum absolute atomic E-state index is 10.1. The molecule has 2 aromatic rings. The van der Waals surface area contributed by atoms with Crippen molar-refractivity contribution in [1.82, 2.24) is 0 Å². The number of aliphatic hydroxyl groups is 1. The summed E-state index contributed by atoms with van der Waals surface area (Å²) in [4.78, 5) is 0. The quantitative estimate of drug-likeness (QED) is 0.638. The topological polar surface area (TPSA) is 20.2 Å². The van der Waals surface area contributed by atoms with Gasteiger partial charge in [0.2, 0.25) is 0 Å². The molecule has 3 rings (SSSR count). The first kappa shape index (κ1) is 15.8. The van der Waals surface area contributed by atoms with Gasteiger partial charge in [0.05, 0.1) is 23.6 Å². The molecule has 1 nitrogen and oxygen atoms in total. The molecule has 0 amide bonds. The molecular formula is C19H23BOP+. The molecule has 2 aromatic carbocycles. The van der Waals surface area contributed by atoms with E-state index in [0.717, 1.165) is 19.0 Å². The van der Waals surface area contributed by atoms with Gasteiger partial charge in [-0.15, -0.1) is 0 Å². The standard InChI is InChI=1S/C19H23BOP/c1-15(21)14-22(20)18(16-8-4-2-5-9-16)12-13-19(22)17-10-6-3-7-11-17/h2-11,15,18-19,21H,12-14H2,1H3/q+1/t15-,18-,19-/m1/s1. The minimum Gasteiger partial charge on any atom is -0.390 e. The Morgan fingerprint density at radius 3 is 1.73 bits per heavy atom. The van der Waals surface area contributed by atoms with E-state index in [-0.39, 0.29) is 6.10 Å². The number of hydrogen-bond donors (Lipinski definition) is 1. The highest BCUT2D eigenvalue weighted by Crippen LogP contribution is 2.81. The monoisotopic (exact) mass is 309 g/mol. The zero-order valence-electron chi connectivity index (χ0n) is 13.1. The fraction of sp³-hybridized carbons (Fsp3) is 0.368. The van der Waals surface area contributed by atoms with Crippen LogP contribution in [-0.2, 0) is 0 Å². The van der Waals surface area contributed by atoms with Crippen LogP contribution >= 0.6 is 7.14 Å². The normalized spacial score (nSPS) is 25.0. The summed E-state index contributed by atoms with van der Waals surface area (Å²) in [5.41, 5.74) is 3.51.